The van der Waals surface area contributed by atoms with Gasteiger partial charge in [-0.15, -0.1) is 0 Å². The van der Waals surface area contributed by atoms with Crippen LogP contribution in [0.15, 0.2) is 30.5 Å². The Kier molecular flexibility index (Phi) is 4.18. The predicted octanol–water partition coefficient (Wildman–Crippen LogP) is -0.139. The van der Waals surface area contributed by atoms with Gasteiger partial charge < -0.3 is 14.8 Å². The summed E-state index contributed by atoms with van der Waals surface area (Å²) in [7, 11) is 0.132. The van der Waals surface area contributed by atoms with E-state index in [-0.39, 0.29) is 11.2 Å². The standard InChI is InChI=1S/C12H14BFN2O3/c1-16-10(4-6-15-16)5-7-19-12-8-9(14)2-3-11(12)13(17)18/h2-4,6,8,17-18H,5,7H2,1H3. The monoisotopic (exact) mass is 264 g/mol. The summed E-state index contributed by atoms with van der Waals surface area (Å²) in [4.78, 5) is 0. The molecule has 2 rings (SSSR count). The average molecular weight is 264 g/mol. The lowest BCUT2D eigenvalue weighted by Crippen LogP contribution is -2.31. The quantitative estimate of drug-likeness (QED) is 0.738. The van der Waals surface area contributed by atoms with Crippen LogP contribution in [0.1, 0.15) is 5.69 Å². The Labute approximate surface area is 110 Å². The Balaban J connectivity index is 2.03. The highest BCUT2D eigenvalue weighted by Crippen LogP contribution is 2.11. The molecule has 100 valence electrons. The van der Waals surface area contributed by atoms with Crippen LogP contribution in [0, 0.1) is 5.82 Å². The molecule has 2 N–H and O–H groups in total. The van der Waals surface area contributed by atoms with Crippen LogP contribution in [-0.2, 0) is 13.5 Å². The molecule has 1 heterocycles. The lowest BCUT2D eigenvalue weighted by atomic mass is 9.79. The Morgan fingerprint density at radius 2 is 2.16 bits per heavy atom. The summed E-state index contributed by atoms with van der Waals surface area (Å²) >= 11 is 0. The molecule has 0 fully saturated rings. The van der Waals surface area contributed by atoms with Gasteiger partial charge in [-0.1, -0.05) is 6.07 Å². The van der Waals surface area contributed by atoms with Gasteiger partial charge >= 0.3 is 7.12 Å². The summed E-state index contributed by atoms with van der Waals surface area (Å²) < 4.78 is 20.2. The predicted molar refractivity (Wildman–Crippen MR) is 68.6 cm³/mol. The molecule has 2 aromatic rings. The molecule has 0 unspecified atom stereocenters. The summed E-state index contributed by atoms with van der Waals surface area (Å²) in [5.74, 6) is -0.350. The van der Waals surface area contributed by atoms with Crippen molar-refractivity contribution in [3.05, 3.63) is 42.0 Å². The Morgan fingerprint density at radius 1 is 1.37 bits per heavy atom. The van der Waals surface area contributed by atoms with Crippen molar-refractivity contribution < 1.29 is 19.2 Å². The summed E-state index contributed by atoms with van der Waals surface area (Å²) in [5.41, 5.74) is 1.12. The third kappa shape index (κ3) is 3.33. The second-order valence-electron chi connectivity index (χ2n) is 4.10. The molecule has 0 amide bonds. The normalized spacial score (nSPS) is 10.5. The highest BCUT2D eigenvalue weighted by atomic mass is 19.1. The Bertz CT molecular complexity index is 560. The second-order valence-corrected chi connectivity index (χ2v) is 4.10. The average Bonchev–Trinajstić information content (AvgIpc) is 2.75. The molecule has 0 bridgehead atoms. The second kappa shape index (κ2) is 5.86. The number of nitrogens with zero attached hydrogens (tertiary/aromatic N) is 2. The number of ether oxygens (including phenoxy) is 1. The summed E-state index contributed by atoms with van der Waals surface area (Å²) in [6.45, 7) is 0.294. The van der Waals surface area contributed by atoms with Crippen molar-refractivity contribution in [1.82, 2.24) is 9.78 Å². The third-order valence-corrected chi connectivity index (χ3v) is 2.79. The van der Waals surface area contributed by atoms with Crippen molar-refractivity contribution in [3.63, 3.8) is 0 Å². The first-order valence-corrected chi connectivity index (χ1v) is 5.83. The largest absolute Gasteiger partial charge is 0.493 e. The van der Waals surface area contributed by atoms with Crippen LogP contribution in [-0.4, -0.2) is 33.6 Å². The first-order valence-electron chi connectivity index (χ1n) is 5.83. The number of benzene rings is 1. The maximum absolute atomic E-state index is 13.1. The van der Waals surface area contributed by atoms with Crippen molar-refractivity contribution in [2.45, 2.75) is 6.42 Å². The van der Waals surface area contributed by atoms with Crippen molar-refractivity contribution in [1.29, 1.82) is 0 Å². The number of hydrogen-bond donors (Lipinski definition) is 2. The molecule has 0 aliphatic carbocycles. The maximum atomic E-state index is 13.1. The van der Waals surface area contributed by atoms with Crippen molar-refractivity contribution in [2.75, 3.05) is 6.61 Å². The molecule has 0 radical (unpaired) electrons. The van der Waals surface area contributed by atoms with Crippen LogP contribution in [0.3, 0.4) is 0 Å². The van der Waals surface area contributed by atoms with Gasteiger partial charge in [0.25, 0.3) is 0 Å². The molecule has 0 aliphatic heterocycles. The molecule has 0 saturated carbocycles. The van der Waals surface area contributed by atoms with E-state index in [0.29, 0.717) is 13.0 Å². The topological polar surface area (TPSA) is 67.5 Å². The molecule has 0 saturated heterocycles. The lowest BCUT2D eigenvalue weighted by Gasteiger charge is -2.11. The molecular formula is C12H14BFN2O3. The molecule has 0 spiro atoms. The SMILES string of the molecule is Cn1nccc1CCOc1cc(F)ccc1B(O)O. The summed E-state index contributed by atoms with van der Waals surface area (Å²) in [6, 6.07) is 5.44. The van der Waals surface area contributed by atoms with Gasteiger partial charge in [-0.3, -0.25) is 4.68 Å². The van der Waals surface area contributed by atoms with Crippen LogP contribution in [0.4, 0.5) is 4.39 Å². The molecule has 1 aromatic carbocycles. The molecule has 5 nitrogen and oxygen atoms in total. The minimum Gasteiger partial charge on any atom is -0.493 e. The summed E-state index contributed by atoms with van der Waals surface area (Å²) in [6.07, 6.45) is 2.27. The van der Waals surface area contributed by atoms with E-state index in [2.05, 4.69) is 5.10 Å². The van der Waals surface area contributed by atoms with Crippen LogP contribution >= 0.6 is 0 Å². The smallest absolute Gasteiger partial charge is 0.492 e. The Morgan fingerprint density at radius 3 is 2.79 bits per heavy atom. The van der Waals surface area contributed by atoms with Gasteiger partial charge in [0.05, 0.1) is 6.61 Å². The first kappa shape index (κ1) is 13.6. The molecular weight excluding hydrogens is 250 g/mol. The number of halogens is 1. The number of rotatable bonds is 5. The number of aromatic nitrogens is 2. The lowest BCUT2D eigenvalue weighted by molar-refractivity contribution is 0.317. The zero-order valence-electron chi connectivity index (χ0n) is 10.5. The van der Waals surface area contributed by atoms with Crippen molar-refractivity contribution in [2.24, 2.45) is 7.05 Å². The van der Waals surface area contributed by atoms with E-state index < -0.39 is 12.9 Å². The van der Waals surface area contributed by atoms with E-state index in [4.69, 9.17) is 14.8 Å². The summed E-state index contributed by atoms with van der Waals surface area (Å²) in [5, 5.41) is 22.3. The fraction of sp³-hybridized carbons (Fsp3) is 0.250. The van der Waals surface area contributed by atoms with Gasteiger partial charge in [0.2, 0.25) is 0 Å². The minimum absolute atomic E-state index is 0.136. The first-order chi connectivity index (χ1) is 9.08. The molecule has 7 heteroatoms. The van der Waals surface area contributed by atoms with Crippen LogP contribution in [0.25, 0.3) is 0 Å². The highest BCUT2D eigenvalue weighted by Gasteiger charge is 2.17. The fourth-order valence-electron chi connectivity index (χ4n) is 1.76. The molecule has 0 aliphatic rings. The molecule has 0 atom stereocenters. The van der Waals surface area contributed by atoms with Crippen LogP contribution in [0.5, 0.6) is 5.75 Å². The molecule has 19 heavy (non-hydrogen) atoms. The van der Waals surface area contributed by atoms with Gasteiger partial charge in [0, 0.05) is 36.9 Å². The van der Waals surface area contributed by atoms with Gasteiger partial charge in [-0.05, 0) is 12.1 Å². The third-order valence-electron chi connectivity index (χ3n) is 2.79. The highest BCUT2D eigenvalue weighted by molar-refractivity contribution is 6.59. The van der Waals surface area contributed by atoms with E-state index in [1.165, 1.54) is 6.07 Å². The van der Waals surface area contributed by atoms with E-state index in [0.717, 1.165) is 17.8 Å². The minimum atomic E-state index is -1.69. The van der Waals surface area contributed by atoms with E-state index in [1.807, 2.05) is 13.1 Å². The van der Waals surface area contributed by atoms with E-state index in [1.54, 1.807) is 10.9 Å². The zero-order chi connectivity index (χ0) is 13.8. The number of hydrogen-bond acceptors (Lipinski definition) is 4. The van der Waals surface area contributed by atoms with Gasteiger partial charge in [-0.2, -0.15) is 5.10 Å². The molecule has 1 aromatic heterocycles. The van der Waals surface area contributed by atoms with E-state index in [9.17, 15) is 4.39 Å². The number of aryl methyl sites for hydroxylation is 1. The van der Waals surface area contributed by atoms with E-state index >= 15 is 0 Å². The zero-order valence-corrected chi connectivity index (χ0v) is 10.5. The van der Waals surface area contributed by atoms with Gasteiger partial charge in [-0.25, -0.2) is 4.39 Å². The van der Waals surface area contributed by atoms with Gasteiger partial charge in [0.1, 0.15) is 11.6 Å². The van der Waals surface area contributed by atoms with Crippen molar-refractivity contribution in [3.8, 4) is 5.75 Å². The van der Waals surface area contributed by atoms with Crippen LogP contribution < -0.4 is 10.2 Å². The van der Waals surface area contributed by atoms with Crippen molar-refractivity contribution >= 4 is 12.6 Å². The Hall–Kier alpha value is -1.86. The van der Waals surface area contributed by atoms with Crippen LogP contribution in [0.2, 0.25) is 0 Å². The van der Waals surface area contributed by atoms with Gasteiger partial charge in [0.15, 0.2) is 0 Å². The maximum Gasteiger partial charge on any atom is 0.492 e. The fourth-order valence-corrected chi connectivity index (χ4v) is 1.76.